The Balaban J connectivity index is 5.32. The molecule has 0 saturated heterocycles. The summed E-state index contributed by atoms with van der Waals surface area (Å²) >= 11 is 0. The van der Waals surface area contributed by atoms with Crippen LogP contribution in [0.2, 0.25) is 0 Å². The predicted molar refractivity (Wildman–Crippen MR) is 418 cm³/mol. The first-order valence-electron chi connectivity index (χ1n) is 40.5. The van der Waals surface area contributed by atoms with Gasteiger partial charge in [0.15, 0.2) is 12.2 Å². The number of aliphatic hydroxyl groups is 1. The highest BCUT2D eigenvalue weighted by Gasteiger charge is 2.30. The number of esters is 4. The van der Waals surface area contributed by atoms with Crippen molar-refractivity contribution in [2.24, 2.45) is 0 Å². The largest absolute Gasteiger partial charge is 0.472 e. The molecule has 0 fully saturated rings. The minimum absolute atomic E-state index is 0.0773. The maximum Gasteiger partial charge on any atom is 0.472 e. The van der Waals surface area contributed by atoms with Crippen molar-refractivity contribution in [3.8, 4) is 0 Å². The number of carbonyl (C=O) groups excluding carboxylic acids is 4. The van der Waals surface area contributed by atoms with Crippen LogP contribution in [0.4, 0.5) is 0 Å². The number of hydrogen-bond acceptors (Lipinski definition) is 15. The lowest BCUT2D eigenvalue weighted by Gasteiger charge is -2.21. The molecule has 0 radical (unpaired) electrons. The lowest BCUT2D eigenvalue weighted by Crippen LogP contribution is -2.30. The Hall–Kier alpha value is -4.02. The van der Waals surface area contributed by atoms with Gasteiger partial charge in [0.25, 0.3) is 0 Å². The van der Waals surface area contributed by atoms with Crippen molar-refractivity contribution in [1.82, 2.24) is 0 Å². The quantitative estimate of drug-likeness (QED) is 0.0169. The third kappa shape index (κ3) is 74.3. The Morgan fingerprint density at radius 3 is 0.804 bits per heavy atom. The molecule has 0 saturated carbocycles. The minimum atomic E-state index is -4.98. The molecule has 5 unspecified atom stereocenters. The predicted octanol–water partition coefficient (Wildman–Crippen LogP) is 23.6. The maximum atomic E-state index is 13.1. The first-order chi connectivity index (χ1) is 49.7. The van der Waals surface area contributed by atoms with Crippen molar-refractivity contribution in [3.05, 3.63) is 97.2 Å². The molecule has 590 valence electrons. The maximum absolute atomic E-state index is 13.1. The van der Waals surface area contributed by atoms with E-state index in [1.54, 1.807) is 0 Å². The molecular formula is C83H146O17P2. The smallest absolute Gasteiger partial charge is 0.462 e. The number of phosphoric ester groups is 2. The summed E-state index contributed by atoms with van der Waals surface area (Å²) in [6.07, 6.45) is 79.5. The van der Waals surface area contributed by atoms with E-state index < -0.39 is 97.5 Å². The Morgan fingerprint density at radius 2 is 0.510 bits per heavy atom. The van der Waals surface area contributed by atoms with Gasteiger partial charge in [-0.3, -0.25) is 37.3 Å². The fraction of sp³-hybridized carbons (Fsp3) is 0.759. The second kappa shape index (κ2) is 75.2. The molecule has 0 bridgehead atoms. The summed E-state index contributed by atoms with van der Waals surface area (Å²) in [4.78, 5) is 73.0. The van der Waals surface area contributed by atoms with Crippen molar-refractivity contribution < 1.29 is 80.2 Å². The molecule has 0 rings (SSSR count). The van der Waals surface area contributed by atoms with Crippen LogP contribution in [0.5, 0.6) is 0 Å². The SMILES string of the molecule is CC/C=C\C/C=C\C/C=C\CCCCCCCCCC(=O)OCC(COP(=O)(O)OCC(O)COP(=O)(O)OCC(COC(=O)CCCCCCCC/C=C\C/C=C\C/C=C\CCCCC)OC(=O)CCCCCCCCCCCCC)OC(=O)CCCCCCC/C=C\C/C=C\CCCCC. The van der Waals surface area contributed by atoms with E-state index in [1.807, 2.05) is 0 Å². The first kappa shape index (κ1) is 98.0. The van der Waals surface area contributed by atoms with Crippen LogP contribution in [0.1, 0.15) is 349 Å². The van der Waals surface area contributed by atoms with Crippen LogP contribution < -0.4 is 0 Å². The summed E-state index contributed by atoms with van der Waals surface area (Å²) < 4.78 is 68.6. The molecule has 0 aliphatic rings. The van der Waals surface area contributed by atoms with Crippen LogP contribution in [0.3, 0.4) is 0 Å². The van der Waals surface area contributed by atoms with Crippen molar-refractivity contribution in [3.63, 3.8) is 0 Å². The highest BCUT2D eigenvalue weighted by molar-refractivity contribution is 7.47. The molecule has 0 heterocycles. The van der Waals surface area contributed by atoms with E-state index in [4.69, 9.17) is 37.0 Å². The standard InChI is InChI=1S/C83H146O17P2/c1-5-9-13-17-21-25-29-32-35-37-38-40-43-45-49-52-56-60-64-68-80(85)93-73-78(99-82(87)69-65-61-57-53-47-28-24-20-16-12-8-4)75-97-101(89,90)95-71-77(84)72-96-102(91,92)98-76-79(100-83(88)70-66-62-58-54-50-46-41-34-31-27-23-19-15-11-7-3)74-94-81(86)67-63-59-55-51-48-44-42-39-36-33-30-26-22-18-14-10-6-2/h10,14,21-23,25-27,32-36,38,40-41,77-79,84H,5-9,11-13,15-20,24,28-31,37,39,42-76H2,1-4H3,(H,89,90)(H,91,92)/b14-10-,25-21-,26-22-,27-23-,35-32-,36-33-,40-38-,41-34-. The molecule has 0 spiro atoms. The lowest BCUT2D eigenvalue weighted by atomic mass is 10.1. The second-order valence-corrected chi connectivity index (χ2v) is 29.9. The molecule has 5 atom stereocenters. The highest BCUT2D eigenvalue weighted by Crippen LogP contribution is 2.45. The zero-order valence-corrected chi connectivity index (χ0v) is 66.3. The molecule has 3 N–H and O–H groups in total. The van der Waals surface area contributed by atoms with Gasteiger partial charge in [0.2, 0.25) is 0 Å². The van der Waals surface area contributed by atoms with Crippen LogP contribution in [-0.4, -0.2) is 96.7 Å². The molecule has 0 aliphatic carbocycles. The molecule has 19 heteroatoms. The Kier molecular flexibility index (Phi) is 72.3. The van der Waals surface area contributed by atoms with Crippen molar-refractivity contribution in [2.75, 3.05) is 39.6 Å². The number of ether oxygens (including phenoxy) is 4. The molecular weight excluding hydrogens is 1330 g/mol. The van der Waals surface area contributed by atoms with Crippen molar-refractivity contribution in [1.29, 1.82) is 0 Å². The monoisotopic (exact) mass is 1480 g/mol. The minimum Gasteiger partial charge on any atom is -0.462 e. The number of allylic oxidation sites excluding steroid dienone is 16. The highest BCUT2D eigenvalue weighted by atomic mass is 31.2. The number of rotatable bonds is 76. The van der Waals surface area contributed by atoms with Crippen LogP contribution >= 0.6 is 15.6 Å². The Morgan fingerprint density at radius 1 is 0.284 bits per heavy atom. The van der Waals surface area contributed by atoms with Gasteiger partial charge in [0.1, 0.15) is 19.3 Å². The van der Waals surface area contributed by atoms with Crippen molar-refractivity contribution >= 4 is 39.5 Å². The fourth-order valence-corrected chi connectivity index (χ4v) is 12.4. The van der Waals surface area contributed by atoms with Gasteiger partial charge in [-0.25, -0.2) is 9.13 Å². The molecule has 17 nitrogen and oxygen atoms in total. The summed E-state index contributed by atoms with van der Waals surface area (Å²) in [5, 5.41) is 10.6. The van der Waals surface area contributed by atoms with Gasteiger partial charge >= 0.3 is 39.5 Å². The third-order valence-electron chi connectivity index (χ3n) is 17.0. The third-order valence-corrected chi connectivity index (χ3v) is 18.9. The van der Waals surface area contributed by atoms with E-state index in [9.17, 15) is 43.2 Å². The number of unbranched alkanes of at least 4 members (excludes halogenated alkanes) is 34. The van der Waals surface area contributed by atoms with E-state index in [2.05, 4.69) is 125 Å². The van der Waals surface area contributed by atoms with Crippen LogP contribution in [0.25, 0.3) is 0 Å². The van der Waals surface area contributed by atoms with Gasteiger partial charge in [0, 0.05) is 25.7 Å². The molecule has 0 aromatic rings. The van der Waals surface area contributed by atoms with E-state index in [0.717, 1.165) is 193 Å². The van der Waals surface area contributed by atoms with Crippen LogP contribution in [0, 0.1) is 0 Å². The summed E-state index contributed by atoms with van der Waals surface area (Å²) in [6.45, 7) is 4.71. The van der Waals surface area contributed by atoms with Gasteiger partial charge in [-0.05, 0) is 128 Å². The Bertz CT molecular complexity index is 2310. The molecule has 102 heavy (non-hydrogen) atoms. The average Bonchev–Trinajstić information content (AvgIpc) is 0.944. The van der Waals surface area contributed by atoms with Gasteiger partial charge in [-0.1, -0.05) is 292 Å². The summed E-state index contributed by atoms with van der Waals surface area (Å²) in [5.41, 5.74) is 0. The second-order valence-electron chi connectivity index (χ2n) is 27.0. The average molecular weight is 1480 g/mol. The topological polar surface area (TPSA) is 237 Å². The molecule has 0 aromatic heterocycles. The van der Waals surface area contributed by atoms with Gasteiger partial charge in [-0.2, -0.15) is 0 Å². The summed E-state index contributed by atoms with van der Waals surface area (Å²) in [6, 6.07) is 0. The van der Waals surface area contributed by atoms with E-state index in [0.29, 0.717) is 25.7 Å². The fourth-order valence-electron chi connectivity index (χ4n) is 10.9. The lowest BCUT2D eigenvalue weighted by molar-refractivity contribution is -0.161. The number of phosphoric acid groups is 2. The number of aliphatic hydroxyl groups excluding tert-OH is 1. The van der Waals surface area contributed by atoms with E-state index in [-0.39, 0.29) is 25.7 Å². The number of hydrogen-bond donors (Lipinski definition) is 3. The molecule has 0 amide bonds. The normalized spacial score (nSPS) is 14.4. The van der Waals surface area contributed by atoms with Crippen LogP contribution in [-0.2, 0) is 65.4 Å². The van der Waals surface area contributed by atoms with E-state index in [1.165, 1.54) is 77.0 Å². The van der Waals surface area contributed by atoms with Crippen LogP contribution in [0.15, 0.2) is 97.2 Å². The van der Waals surface area contributed by atoms with Gasteiger partial charge in [0.05, 0.1) is 26.4 Å². The molecule has 0 aromatic carbocycles. The van der Waals surface area contributed by atoms with Gasteiger partial charge in [-0.15, -0.1) is 0 Å². The molecule has 0 aliphatic heterocycles. The Labute approximate surface area is 620 Å². The summed E-state index contributed by atoms with van der Waals surface area (Å²) in [5.74, 6) is -2.19. The summed E-state index contributed by atoms with van der Waals surface area (Å²) in [7, 11) is -9.96. The first-order valence-corrected chi connectivity index (χ1v) is 43.5. The van der Waals surface area contributed by atoms with E-state index >= 15 is 0 Å². The zero-order valence-electron chi connectivity index (χ0n) is 64.5. The van der Waals surface area contributed by atoms with Gasteiger partial charge < -0.3 is 33.8 Å². The zero-order chi connectivity index (χ0) is 74.6. The van der Waals surface area contributed by atoms with Crippen molar-refractivity contribution in [2.45, 2.75) is 367 Å². The number of carbonyl (C=O) groups is 4.